The Balaban J connectivity index is 0.000000497. The predicted molar refractivity (Wildman–Crippen MR) is 153 cm³/mol. The zero-order valence-electron chi connectivity index (χ0n) is 22.3. The number of nitrogen functional groups attached to an aromatic ring is 1. The van der Waals surface area contributed by atoms with Gasteiger partial charge in [-0.2, -0.15) is 0 Å². The van der Waals surface area contributed by atoms with Gasteiger partial charge in [-0.1, -0.05) is 77.9 Å². The van der Waals surface area contributed by atoms with Gasteiger partial charge in [0.15, 0.2) is 0 Å². The molecule has 1 unspecified atom stereocenters. The van der Waals surface area contributed by atoms with Crippen molar-refractivity contribution in [3.05, 3.63) is 83.9 Å². The SMILES string of the molecule is CCN(CC)c1ccc(POc2c(C(C)(C)C)cccc2C(C)(C)C)cc1.Nc1ccccc1. The number of hydrogen-bond acceptors (Lipinski definition) is 3. The summed E-state index contributed by atoms with van der Waals surface area (Å²) in [5.74, 6) is 1.06. The van der Waals surface area contributed by atoms with Crippen LogP contribution in [0.1, 0.15) is 66.5 Å². The first-order valence-corrected chi connectivity index (χ1v) is 13.1. The van der Waals surface area contributed by atoms with Crippen molar-refractivity contribution >= 4 is 25.5 Å². The van der Waals surface area contributed by atoms with Crippen LogP contribution < -0.4 is 20.5 Å². The number of benzene rings is 3. The van der Waals surface area contributed by atoms with Gasteiger partial charge in [-0.05, 0) is 61.1 Å². The Morgan fingerprint density at radius 1 is 0.706 bits per heavy atom. The molecule has 34 heavy (non-hydrogen) atoms. The topological polar surface area (TPSA) is 38.5 Å². The van der Waals surface area contributed by atoms with Gasteiger partial charge in [0.2, 0.25) is 0 Å². The summed E-state index contributed by atoms with van der Waals surface area (Å²) in [7, 11) is 0.306. The average Bonchev–Trinajstić information content (AvgIpc) is 2.79. The molecule has 0 amide bonds. The van der Waals surface area contributed by atoms with Crippen LogP contribution in [0.4, 0.5) is 11.4 Å². The lowest BCUT2D eigenvalue weighted by molar-refractivity contribution is 0.508. The van der Waals surface area contributed by atoms with Gasteiger partial charge in [-0.15, -0.1) is 0 Å². The van der Waals surface area contributed by atoms with Gasteiger partial charge in [-0.3, -0.25) is 0 Å². The summed E-state index contributed by atoms with van der Waals surface area (Å²) in [5.41, 5.74) is 10.1. The molecule has 0 saturated heterocycles. The fraction of sp³-hybridized carbons (Fsp3) is 0.400. The molecule has 0 aliphatic carbocycles. The van der Waals surface area contributed by atoms with Crippen LogP contribution in [0.2, 0.25) is 0 Å². The molecule has 3 aromatic rings. The monoisotopic (exact) mass is 478 g/mol. The lowest BCUT2D eigenvalue weighted by atomic mass is 9.80. The molecule has 2 N–H and O–H groups in total. The molecule has 0 fully saturated rings. The number of para-hydroxylation sites is 2. The molecular weight excluding hydrogens is 435 g/mol. The zero-order chi connectivity index (χ0) is 25.4. The van der Waals surface area contributed by atoms with Crippen molar-refractivity contribution in [3.63, 3.8) is 0 Å². The van der Waals surface area contributed by atoms with Crippen LogP contribution in [0.5, 0.6) is 5.75 Å². The van der Waals surface area contributed by atoms with Gasteiger partial charge in [0, 0.05) is 40.9 Å². The summed E-state index contributed by atoms with van der Waals surface area (Å²) >= 11 is 0. The number of anilines is 2. The smallest absolute Gasteiger partial charge is 0.130 e. The van der Waals surface area contributed by atoms with Gasteiger partial charge >= 0.3 is 0 Å². The highest BCUT2D eigenvalue weighted by atomic mass is 31.1. The molecule has 0 radical (unpaired) electrons. The average molecular weight is 479 g/mol. The second-order valence-corrected chi connectivity index (χ2v) is 11.5. The molecule has 184 valence electrons. The summed E-state index contributed by atoms with van der Waals surface area (Å²) in [6.45, 7) is 20.0. The number of hydrogen-bond donors (Lipinski definition) is 1. The Morgan fingerprint density at radius 3 is 1.59 bits per heavy atom. The molecule has 0 aromatic heterocycles. The minimum atomic E-state index is 0.0493. The lowest BCUT2D eigenvalue weighted by Gasteiger charge is -2.29. The highest BCUT2D eigenvalue weighted by Crippen LogP contribution is 2.41. The molecule has 0 heterocycles. The quantitative estimate of drug-likeness (QED) is 0.291. The van der Waals surface area contributed by atoms with Crippen molar-refractivity contribution in [2.75, 3.05) is 23.7 Å². The van der Waals surface area contributed by atoms with Crippen molar-refractivity contribution in [1.29, 1.82) is 0 Å². The standard InChI is InChI=1S/C24H36NOP.C6H7N/c1-9-25(10-2)18-14-16-19(17-15-18)27-26-22-20(23(3,4)5)12-11-13-21(22)24(6,7)8;7-6-4-2-1-3-5-6/h11-17,27H,9-10H2,1-8H3;1-5H,7H2. The predicted octanol–water partition coefficient (Wildman–Crippen LogP) is 7.69. The molecule has 3 nitrogen and oxygen atoms in total. The Labute approximate surface area is 209 Å². The van der Waals surface area contributed by atoms with Gasteiger partial charge in [0.25, 0.3) is 0 Å². The number of nitrogens with zero attached hydrogens (tertiary/aromatic N) is 1. The molecular formula is C30H43N2OP. The summed E-state index contributed by atoms with van der Waals surface area (Å²) in [5, 5.41) is 1.23. The van der Waals surface area contributed by atoms with Gasteiger partial charge in [-0.25, -0.2) is 0 Å². The van der Waals surface area contributed by atoms with Crippen molar-refractivity contribution in [2.45, 2.75) is 66.2 Å². The lowest BCUT2D eigenvalue weighted by Crippen LogP contribution is -2.22. The Kier molecular flexibility index (Phi) is 10.0. The van der Waals surface area contributed by atoms with Gasteiger partial charge < -0.3 is 15.2 Å². The van der Waals surface area contributed by atoms with E-state index < -0.39 is 0 Å². The minimum Gasteiger partial charge on any atom is -0.472 e. The molecule has 3 rings (SSSR count). The van der Waals surface area contributed by atoms with Gasteiger partial charge in [0.05, 0.1) is 0 Å². The normalized spacial score (nSPS) is 11.8. The maximum absolute atomic E-state index is 6.47. The molecule has 0 spiro atoms. The van der Waals surface area contributed by atoms with E-state index in [0.717, 1.165) is 24.5 Å². The first-order valence-electron chi connectivity index (χ1n) is 12.2. The van der Waals surface area contributed by atoms with Crippen molar-refractivity contribution in [2.24, 2.45) is 0 Å². The summed E-state index contributed by atoms with van der Waals surface area (Å²) in [4.78, 5) is 2.36. The molecule has 4 heteroatoms. The Morgan fingerprint density at radius 2 is 1.21 bits per heavy atom. The molecule has 0 bridgehead atoms. The van der Waals surface area contributed by atoms with Gasteiger partial charge in [0.1, 0.15) is 14.6 Å². The summed E-state index contributed by atoms with van der Waals surface area (Å²) in [6.07, 6.45) is 0. The fourth-order valence-electron chi connectivity index (χ4n) is 3.72. The molecule has 0 saturated carbocycles. The molecule has 3 aromatic carbocycles. The van der Waals surface area contributed by atoms with E-state index in [1.807, 2.05) is 30.3 Å². The van der Waals surface area contributed by atoms with E-state index in [1.165, 1.54) is 22.1 Å². The van der Waals surface area contributed by atoms with Crippen molar-refractivity contribution < 1.29 is 4.52 Å². The molecule has 1 atom stereocenters. The highest BCUT2D eigenvalue weighted by Gasteiger charge is 2.26. The summed E-state index contributed by atoms with van der Waals surface area (Å²) in [6, 6.07) is 24.9. The van der Waals surface area contributed by atoms with E-state index in [0.29, 0.717) is 8.81 Å². The zero-order valence-corrected chi connectivity index (χ0v) is 23.3. The minimum absolute atomic E-state index is 0.0493. The summed E-state index contributed by atoms with van der Waals surface area (Å²) < 4.78 is 6.47. The van der Waals surface area contributed by atoms with Crippen LogP contribution in [0.15, 0.2) is 72.8 Å². The van der Waals surface area contributed by atoms with Crippen LogP contribution in [0, 0.1) is 0 Å². The van der Waals surface area contributed by atoms with Crippen LogP contribution in [0.3, 0.4) is 0 Å². The first-order chi connectivity index (χ1) is 16.0. The maximum Gasteiger partial charge on any atom is 0.130 e. The first kappa shape index (κ1) is 27.7. The highest BCUT2D eigenvalue weighted by molar-refractivity contribution is 7.42. The third kappa shape index (κ3) is 8.06. The van der Waals surface area contributed by atoms with E-state index >= 15 is 0 Å². The van der Waals surface area contributed by atoms with Crippen LogP contribution in [0.25, 0.3) is 0 Å². The third-order valence-electron chi connectivity index (χ3n) is 5.70. The van der Waals surface area contributed by atoms with E-state index in [-0.39, 0.29) is 10.8 Å². The maximum atomic E-state index is 6.47. The van der Waals surface area contributed by atoms with Crippen LogP contribution in [-0.2, 0) is 10.8 Å². The third-order valence-corrected chi connectivity index (χ3v) is 6.57. The van der Waals surface area contributed by atoms with E-state index in [9.17, 15) is 0 Å². The molecule has 0 aliphatic heterocycles. The fourth-order valence-corrected chi connectivity index (χ4v) is 4.46. The Bertz CT molecular complexity index is 966. The largest absolute Gasteiger partial charge is 0.472 e. The molecule has 0 aliphatic rings. The van der Waals surface area contributed by atoms with E-state index in [4.69, 9.17) is 10.3 Å². The second kappa shape index (κ2) is 12.3. The number of rotatable bonds is 6. The second-order valence-electron chi connectivity index (χ2n) is 10.5. The van der Waals surface area contributed by atoms with E-state index in [1.54, 1.807) is 0 Å². The van der Waals surface area contributed by atoms with Crippen molar-refractivity contribution in [3.8, 4) is 5.75 Å². The van der Waals surface area contributed by atoms with Crippen molar-refractivity contribution in [1.82, 2.24) is 0 Å². The Hall–Kier alpha value is -2.51. The van der Waals surface area contributed by atoms with E-state index in [2.05, 4.69) is 103 Å². The van der Waals surface area contributed by atoms with Crippen LogP contribution in [-0.4, -0.2) is 13.1 Å². The number of nitrogens with two attached hydrogens (primary N) is 1. The van der Waals surface area contributed by atoms with Crippen LogP contribution >= 0.6 is 8.81 Å².